The molecule has 1 unspecified atom stereocenters. The van der Waals surface area contributed by atoms with E-state index < -0.39 is 8.32 Å². The molecular weight excluding hydrogens is 268 g/mol. The highest BCUT2D eigenvalue weighted by molar-refractivity contribution is 6.74. The summed E-state index contributed by atoms with van der Waals surface area (Å²) < 4.78 is 11.3. The second kappa shape index (κ2) is 7.86. The summed E-state index contributed by atoms with van der Waals surface area (Å²) in [5.74, 6) is 1.01. The smallest absolute Gasteiger partial charge is 0.306 e. The highest BCUT2D eigenvalue weighted by Crippen LogP contribution is 2.38. The van der Waals surface area contributed by atoms with Gasteiger partial charge in [-0.3, -0.25) is 4.79 Å². The summed E-state index contributed by atoms with van der Waals surface area (Å²) in [5, 5.41) is 0.186. The van der Waals surface area contributed by atoms with Crippen LogP contribution in [0.15, 0.2) is 11.8 Å². The molecular formula is C16H32O3Si. The van der Waals surface area contributed by atoms with Gasteiger partial charge in [0.25, 0.3) is 0 Å². The van der Waals surface area contributed by atoms with E-state index in [1.54, 1.807) is 0 Å². The van der Waals surface area contributed by atoms with Crippen LogP contribution in [-0.2, 0) is 14.0 Å². The predicted octanol–water partition coefficient (Wildman–Crippen LogP) is 4.89. The molecule has 0 rings (SSSR count). The van der Waals surface area contributed by atoms with Crippen molar-refractivity contribution < 1.29 is 14.0 Å². The van der Waals surface area contributed by atoms with Crippen LogP contribution in [0.25, 0.3) is 0 Å². The van der Waals surface area contributed by atoms with Gasteiger partial charge in [-0.25, -0.2) is 0 Å². The Morgan fingerprint density at radius 2 is 1.80 bits per heavy atom. The first kappa shape index (κ1) is 19.2. The zero-order valence-corrected chi connectivity index (χ0v) is 15.5. The molecule has 0 radical (unpaired) electrons. The average molecular weight is 301 g/mol. The summed E-state index contributed by atoms with van der Waals surface area (Å²) in [6.07, 6.45) is 3.36. The molecule has 1 atom stereocenters. The van der Waals surface area contributed by atoms with Crippen LogP contribution in [0.2, 0.25) is 18.1 Å². The summed E-state index contributed by atoms with van der Waals surface area (Å²) in [4.78, 5) is 11.5. The third-order valence-electron chi connectivity index (χ3n) is 3.81. The summed E-state index contributed by atoms with van der Waals surface area (Å²) >= 11 is 0. The van der Waals surface area contributed by atoms with Gasteiger partial charge in [0.05, 0.1) is 18.8 Å². The van der Waals surface area contributed by atoms with Crippen molar-refractivity contribution in [3.05, 3.63) is 11.8 Å². The van der Waals surface area contributed by atoms with Crippen LogP contribution in [-0.4, -0.2) is 20.9 Å². The van der Waals surface area contributed by atoms with E-state index >= 15 is 0 Å². The molecule has 4 heteroatoms. The zero-order chi connectivity index (χ0) is 16.0. The Balaban J connectivity index is 4.75. The average Bonchev–Trinajstić information content (AvgIpc) is 2.26. The topological polar surface area (TPSA) is 35.5 Å². The molecule has 0 aliphatic carbocycles. The van der Waals surface area contributed by atoms with E-state index in [1.165, 1.54) is 0 Å². The van der Waals surface area contributed by atoms with Gasteiger partial charge >= 0.3 is 5.97 Å². The molecule has 0 N–H and O–H groups in total. The maximum atomic E-state index is 11.5. The lowest BCUT2D eigenvalue weighted by atomic mass is 10.1. The van der Waals surface area contributed by atoms with Crippen molar-refractivity contribution in [2.75, 3.05) is 6.61 Å². The molecule has 0 aromatic rings. The monoisotopic (exact) mass is 300 g/mol. The van der Waals surface area contributed by atoms with Gasteiger partial charge in [-0.15, -0.1) is 0 Å². The number of hydrogen-bond donors (Lipinski definition) is 0. The molecule has 0 aliphatic rings. The maximum absolute atomic E-state index is 11.5. The molecule has 0 amide bonds. The second-order valence-corrected chi connectivity index (χ2v) is 11.6. The van der Waals surface area contributed by atoms with Crippen LogP contribution in [0.5, 0.6) is 0 Å². The van der Waals surface area contributed by atoms with Crippen LogP contribution in [0, 0.1) is 5.92 Å². The van der Waals surface area contributed by atoms with Gasteiger partial charge in [-0.2, -0.15) is 0 Å². The fourth-order valence-electron chi connectivity index (χ4n) is 1.56. The Hall–Kier alpha value is -0.773. The van der Waals surface area contributed by atoms with Crippen molar-refractivity contribution >= 4 is 14.3 Å². The summed E-state index contributed by atoms with van der Waals surface area (Å²) in [5.41, 5.74) is 0. The highest BCUT2D eigenvalue weighted by atomic mass is 28.4. The normalized spacial score (nSPS) is 14.9. The molecule has 0 bridgehead atoms. The van der Waals surface area contributed by atoms with Gasteiger partial charge in [-0.05, 0) is 37.0 Å². The minimum Gasteiger partial charge on any atom is -0.547 e. The molecule has 3 nitrogen and oxygen atoms in total. The van der Waals surface area contributed by atoms with E-state index in [2.05, 4.69) is 46.9 Å². The second-order valence-electron chi connectivity index (χ2n) is 6.84. The molecule has 0 aliphatic heterocycles. The molecule has 0 aromatic carbocycles. The first-order valence-electron chi connectivity index (χ1n) is 7.58. The van der Waals surface area contributed by atoms with E-state index in [1.807, 2.05) is 13.8 Å². The highest BCUT2D eigenvalue weighted by Gasteiger charge is 2.39. The number of ether oxygens (including phenoxy) is 1. The van der Waals surface area contributed by atoms with Gasteiger partial charge < -0.3 is 9.16 Å². The summed E-state index contributed by atoms with van der Waals surface area (Å²) in [6.45, 7) is 17.6. The Kier molecular flexibility index (Phi) is 7.56. The van der Waals surface area contributed by atoms with Crippen molar-refractivity contribution in [3.8, 4) is 0 Å². The van der Waals surface area contributed by atoms with Gasteiger partial charge in [0.1, 0.15) is 0 Å². The first-order valence-corrected chi connectivity index (χ1v) is 10.5. The Bertz CT molecular complexity index is 340. The quantitative estimate of drug-likeness (QED) is 0.381. The SMILES string of the molecule is CCOC(=O)CC(C)/C=C(\CC)O[Si](C)(C)C(C)(C)C. The van der Waals surface area contributed by atoms with Crippen molar-refractivity contribution in [3.63, 3.8) is 0 Å². The largest absolute Gasteiger partial charge is 0.547 e. The number of hydrogen-bond acceptors (Lipinski definition) is 3. The minimum absolute atomic E-state index is 0.140. The Labute approximate surface area is 125 Å². The lowest BCUT2D eigenvalue weighted by Crippen LogP contribution is -2.40. The maximum Gasteiger partial charge on any atom is 0.306 e. The predicted molar refractivity (Wildman–Crippen MR) is 87.1 cm³/mol. The van der Waals surface area contributed by atoms with Crippen molar-refractivity contribution in [2.24, 2.45) is 5.92 Å². The van der Waals surface area contributed by atoms with Crippen LogP contribution in [0.4, 0.5) is 0 Å². The third-order valence-corrected chi connectivity index (χ3v) is 8.19. The van der Waals surface area contributed by atoms with E-state index in [4.69, 9.17) is 9.16 Å². The number of allylic oxidation sites excluding steroid dienone is 2. The van der Waals surface area contributed by atoms with Crippen molar-refractivity contribution in [1.29, 1.82) is 0 Å². The number of esters is 1. The third kappa shape index (κ3) is 6.59. The van der Waals surface area contributed by atoms with Gasteiger partial charge in [0.15, 0.2) is 0 Å². The van der Waals surface area contributed by atoms with Crippen molar-refractivity contribution in [2.45, 2.75) is 72.5 Å². The van der Waals surface area contributed by atoms with E-state index in [-0.39, 0.29) is 16.9 Å². The Morgan fingerprint density at radius 3 is 2.20 bits per heavy atom. The van der Waals surface area contributed by atoms with Crippen LogP contribution in [0.3, 0.4) is 0 Å². The molecule has 118 valence electrons. The molecule has 0 saturated carbocycles. The standard InChI is InChI=1S/C16H32O3Si/c1-9-14(19-20(7,8)16(4,5)6)11-13(3)12-15(17)18-10-2/h11,13H,9-10,12H2,1-8H3/b14-11+. The number of rotatable bonds is 7. The van der Waals surface area contributed by atoms with E-state index in [9.17, 15) is 4.79 Å². The minimum atomic E-state index is -1.80. The summed E-state index contributed by atoms with van der Waals surface area (Å²) in [7, 11) is -1.80. The van der Waals surface area contributed by atoms with Crippen LogP contribution < -0.4 is 0 Å². The van der Waals surface area contributed by atoms with Crippen LogP contribution in [0.1, 0.15) is 54.4 Å². The molecule has 20 heavy (non-hydrogen) atoms. The first-order chi connectivity index (χ1) is 9.03. The number of carbonyl (C=O) groups excluding carboxylic acids is 1. The lowest BCUT2D eigenvalue weighted by molar-refractivity contribution is -0.143. The Morgan fingerprint density at radius 1 is 1.25 bits per heavy atom. The molecule has 0 fully saturated rings. The fraction of sp³-hybridized carbons (Fsp3) is 0.812. The number of carbonyl (C=O) groups is 1. The van der Waals surface area contributed by atoms with Crippen molar-refractivity contribution in [1.82, 2.24) is 0 Å². The van der Waals surface area contributed by atoms with Gasteiger partial charge in [0, 0.05) is 6.42 Å². The van der Waals surface area contributed by atoms with Crippen LogP contribution >= 0.6 is 0 Å². The van der Waals surface area contributed by atoms with E-state index in [0.29, 0.717) is 13.0 Å². The molecule has 0 aromatic heterocycles. The van der Waals surface area contributed by atoms with Gasteiger partial charge in [0.2, 0.25) is 8.32 Å². The fourth-order valence-corrected chi connectivity index (χ4v) is 2.74. The summed E-state index contributed by atoms with van der Waals surface area (Å²) in [6, 6.07) is 0. The zero-order valence-electron chi connectivity index (χ0n) is 14.5. The van der Waals surface area contributed by atoms with E-state index in [0.717, 1.165) is 12.2 Å². The molecule has 0 heterocycles. The molecule has 0 saturated heterocycles. The molecule has 0 spiro atoms. The lowest BCUT2D eigenvalue weighted by Gasteiger charge is -2.37. The van der Waals surface area contributed by atoms with Gasteiger partial charge in [-0.1, -0.05) is 34.6 Å².